The molecule has 0 aromatic heterocycles. The van der Waals surface area contributed by atoms with E-state index in [2.05, 4.69) is 11.3 Å². The number of hydrogen-bond acceptors (Lipinski definition) is 3. The van der Waals surface area contributed by atoms with E-state index >= 15 is 0 Å². The maximum Gasteiger partial charge on any atom is 0.308 e. The summed E-state index contributed by atoms with van der Waals surface area (Å²) in [5.74, 6) is -0.415. The van der Waals surface area contributed by atoms with Crippen molar-refractivity contribution in [2.45, 2.75) is 12.5 Å². The first kappa shape index (κ1) is 10.5. The quantitative estimate of drug-likeness (QED) is 0.383. The molecule has 0 fully saturated rings. The van der Waals surface area contributed by atoms with Crippen molar-refractivity contribution in [1.82, 2.24) is 0 Å². The molecule has 0 radical (unpaired) electrons. The van der Waals surface area contributed by atoms with Crippen LogP contribution in [0.2, 0.25) is 0 Å². The Balaban J connectivity index is 3.43. The number of aliphatic hydroxyl groups excluding tert-OH is 1. The lowest BCUT2D eigenvalue weighted by molar-refractivity contribution is -0.144. The predicted octanol–water partition coefficient (Wildman–Crippen LogP) is 0.705. The molecule has 0 aromatic rings. The van der Waals surface area contributed by atoms with Crippen molar-refractivity contribution in [3.05, 3.63) is 12.7 Å². The first-order valence-corrected chi connectivity index (χ1v) is 3.74. The Hall–Kier alpha value is -0.540. The second-order valence-corrected chi connectivity index (χ2v) is 2.29. The van der Waals surface area contributed by atoms with E-state index in [1.807, 2.05) is 0 Å². The van der Waals surface area contributed by atoms with Gasteiger partial charge in [-0.05, 0) is 0 Å². The predicted molar refractivity (Wildman–Crippen MR) is 42.5 cm³/mol. The van der Waals surface area contributed by atoms with Gasteiger partial charge in [-0.15, -0.1) is 11.6 Å². The lowest BCUT2D eigenvalue weighted by atomic mass is 10.3. The number of ether oxygens (including phenoxy) is 1. The van der Waals surface area contributed by atoms with Gasteiger partial charge in [0.25, 0.3) is 0 Å². The molecule has 3 nitrogen and oxygen atoms in total. The fourth-order valence-electron chi connectivity index (χ4n) is 0.458. The number of carbonyl (C=O) groups is 1. The summed E-state index contributed by atoms with van der Waals surface area (Å²) in [6.45, 7) is 3.54. The molecular weight excluding hydrogens is 168 g/mol. The highest BCUT2D eigenvalue weighted by Crippen LogP contribution is 1.96. The number of esters is 1. The van der Waals surface area contributed by atoms with E-state index in [1.165, 1.54) is 6.08 Å². The maximum atomic E-state index is 10.7. The lowest BCUT2D eigenvalue weighted by Gasteiger charge is -2.04. The molecule has 0 aliphatic carbocycles. The second kappa shape index (κ2) is 6.19. The van der Waals surface area contributed by atoms with Crippen LogP contribution in [-0.4, -0.2) is 29.7 Å². The van der Waals surface area contributed by atoms with Crippen LogP contribution >= 0.6 is 11.6 Å². The van der Waals surface area contributed by atoms with E-state index < -0.39 is 12.1 Å². The van der Waals surface area contributed by atoms with Crippen LogP contribution in [-0.2, 0) is 9.53 Å². The van der Waals surface area contributed by atoms with Gasteiger partial charge >= 0.3 is 5.97 Å². The van der Waals surface area contributed by atoms with E-state index in [9.17, 15) is 4.79 Å². The Bertz CT molecular complexity index is 136. The fourth-order valence-corrected chi connectivity index (χ4v) is 0.567. The summed E-state index contributed by atoms with van der Waals surface area (Å²) in [7, 11) is 0. The molecule has 0 amide bonds. The molecule has 1 N–H and O–H groups in total. The van der Waals surface area contributed by atoms with Gasteiger partial charge in [-0.2, -0.15) is 0 Å². The largest absolute Gasteiger partial charge is 0.461 e. The smallest absolute Gasteiger partial charge is 0.308 e. The number of carbonyl (C=O) groups excluding carboxylic acids is 1. The van der Waals surface area contributed by atoms with Crippen LogP contribution in [0.15, 0.2) is 12.7 Å². The Morgan fingerprint density at radius 3 is 2.91 bits per heavy atom. The Kier molecular flexibility index (Phi) is 5.88. The molecule has 0 bridgehead atoms. The lowest BCUT2D eigenvalue weighted by Crippen LogP contribution is -2.16. The Morgan fingerprint density at radius 2 is 2.45 bits per heavy atom. The third kappa shape index (κ3) is 5.88. The zero-order chi connectivity index (χ0) is 8.69. The van der Waals surface area contributed by atoms with E-state index in [0.29, 0.717) is 0 Å². The molecule has 0 rings (SSSR count). The standard InChI is InChI=1S/C7H11ClO3/c1-2-3-11-7(10)4-6(9)5-8/h2,6,9H,1,3-5H2/t6-/m1/s1. The van der Waals surface area contributed by atoms with Crippen molar-refractivity contribution >= 4 is 17.6 Å². The average molecular weight is 179 g/mol. The van der Waals surface area contributed by atoms with Crippen molar-refractivity contribution in [2.75, 3.05) is 12.5 Å². The molecule has 11 heavy (non-hydrogen) atoms. The van der Waals surface area contributed by atoms with Crippen LogP contribution in [0.3, 0.4) is 0 Å². The normalized spacial score (nSPS) is 12.2. The minimum Gasteiger partial charge on any atom is -0.461 e. The van der Waals surface area contributed by atoms with E-state index in [4.69, 9.17) is 16.7 Å². The number of rotatable bonds is 5. The summed E-state index contributed by atoms with van der Waals surface area (Å²) in [5, 5.41) is 8.87. The van der Waals surface area contributed by atoms with Crippen molar-refractivity contribution in [1.29, 1.82) is 0 Å². The molecule has 1 atom stereocenters. The first-order chi connectivity index (χ1) is 5.20. The molecule has 0 spiro atoms. The SMILES string of the molecule is C=CCOC(=O)C[C@@H](O)CCl. The third-order valence-corrected chi connectivity index (χ3v) is 1.30. The van der Waals surface area contributed by atoms with Crippen molar-refractivity contribution in [3.8, 4) is 0 Å². The molecule has 0 saturated heterocycles. The van der Waals surface area contributed by atoms with Crippen LogP contribution < -0.4 is 0 Å². The van der Waals surface area contributed by atoms with Gasteiger partial charge in [-0.25, -0.2) is 0 Å². The maximum absolute atomic E-state index is 10.7. The van der Waals surface area contributed by atoms with Crippen molar-refractivity contribution in [2.24, 2.45) is 0 Å². The molecule has 0 aromatic carbocycles. The zero-order valence-electron chi connectivity index (χ0n) is 6.12. The summed E-state index contributed by atoms with van der Waals surface area (Å²) in [4.78, 5) is 10.7. The van der Waals surface area contributed by atoms with Gasteiger partial charge in [-0.3, -0.25) is 4.79 Å². The van der Waals surface area contributed by atoms with Gasteiger partial charge in [0.1, 0.15) is 6.61 Å². The summed E-state index contributed by atoms with van der Waals surface area (Å²) >= 11 is 5.25. The number of alkyl halides is 1. The molecule has 4 heteroatoms. The zero-order valence-corrected chi connectivity index (χ0v) is 6.88. The number of halogens is 1. The average Bonchev–Trinajstić information content (AvgIpc) is 2.00. The van der Waals surface area contributed by atoms with Gasteiger partial charge in [0.2, 0.25) is 0 Å². The number of aliphatic hydroxyl groups is 1. The minimum atomic E-state index is -0.811. The van der Waals surface area contributed by atoms with Crippen molar-refractivity contribution in [3.63, 3.8) is 0 Å². The van der Waals surface area contributed by atoms with Crippen LogP contribution in [0.25, 0.3) is 0 Å². The molecule has 0 saturated carbocycles. The topological polar surface area (TPSA) is 46.5 Å². The van der Waals surface area contributed by atoms with Crippen LogP contribution in [0.5, 0.6) is 0 Å². The van der Waals surface area contributed by atoms with Crippen LogP contribution in [0.4, 0.5) is 0 Å². The van der Waals surface area contributed by atoms with Crippen LogP contribution in [0.1, 0.15) is 6.42 Å². The molecular formula is C7H11ClO3. The third-order valence-electron chi connectivity index (χ3n) is 0.943. The number of hydrogen-bond donors (Lipinski definition) is 1. The summed E-state index contributed by atoms with van der Waals surface area (Å²) in [6.07, 6.45) is 0.594. The molecule has 0 unspecified atom stereocenters. The van der Waals surface area contributed by atoms with Crippen LogP contribution in [0, 0.1) is 0 Å². The first-order valence-electron chi connectivity index (χ1n) is 3.21. The molecule has 0 aliphatic heterocycles. The van der Waals surface area contributed by atoms with E-state index in [1.54, 1.807) is 0 Å². The Labute approximate surface area is 70.6 Å². The van der Waals surface area contributed by atoms with Gasteiger partial charge in [0, 0.05) is 5.88 Å². The minimum absolute atomic E-state index is 0.0448. The summed E-state index contributed by atoms with van der Waals surface area (Å²) in [6, 6.07) is 0. The van der Waals surface area contributed by atoms with Gasteiger partial charge in [-0.1, -0.05) is 12.7 Å². The molecule has 0 heterocycles. The highest BCUT2D eigenvalue weighted by molar-refractivity contribution is 6.18. The van der Waals surface area contributed by atoms with Crippen molar-refractivity contribution < 1.29 is 14.6 Å². The fraction of sp³-hybridized carbons (Fsp3) is 0.571. The van der Waals surface area contributed by atoms with E-state index in [0.717, 1.165) is 0 Å². The molecule has 64 valence electrons. The highest BCUT2D eigenvalue weighted by atomic mass is 35.5. The Morgan fingerprint density at radius 1 is 1.82 bits per heavy atom. The highest BCUT2D eigenvalue weighted by Gasteiger charge is 2.09. The monoisotopic (exact) mass is 178 g/mol. The molecule has 0 aliphatic rings. The van der Waals surface area contributed by atoms with Gasteiger partial charge < -0.3 is 9.84 Å². The summed E-state index contributed by atoms with van der Waals surface area (Å²) in [5.41, 5.74) is 0. The van der Waals surface area contributed by atoms with Gasteiger partial charge in [0.15, 0.2) is 0 Å². The summed E-state index contributed by atoms with van der Waals surface area (Å²) < 4.78 is 4.59. The van der Waals surface area contributed by atoms with Gasteiger partial charge in [0.05, 0.1) is 12.5 Å². The van der Waals surface area contributed by atoms with E-state index in [-0.39, 0.29) is 18.9 Å². The second-order valence-electron chi connectivity index (χ2n) is 1.98.